The fourth-order valence-corrected chi connectivity index (χ4v) is 2.16. The maximum atomic E-state index is 11.9. The molecule has 0 radical (unpaired) electrons. The molecule has 0 heterocycles. The van der Waals surface area contributed by atoms with E-state index in [4.69, 9.17) is 5.73 Å². The number of halogens is 1. The fraction of sp³-hybridized carbons (Fsp3) is 0.909. The smallest absolute Gasteiger partial charge is 0.240 e. The van der Waals surface area contributed by atoms with Crippen molar-refractivity contribution in [3.63, 3.8) is 0 Å². The Hall–Kier alpha value is 0.0700. The van der Waals surface area contributed by atoms with Gasteiger partial charge in [0.2, 0.25) is 5.91 Å². The Balaban J connectivity index is 0.00000225. The highest BCUT2D eigenvalue weighted by Gasteiger charge is 2.34. The largest absolute Gasteiger partial charge is 0.353 e. The lowest BCUT2D eigenvalue weighted by molar-refractivity contribution is -0.127. The van der Waals surface area contributed by atoms with E-state index in [1.54, 1.807) is 11.8 Å². The number of nitrogens with one attached hydrogen (secondary N) is 1. The predicted molar refractivity (Wildman–Crippen MR) is 73.2 cm³/mol. The highest BCUT2D eigenvalue weighted by molar-refractivity contribution is 7.99. The van der Waals surface area contributed by atoms with Crippen molar-refractivity contribution in [1.82, 2.24) is 5.32 Å². The van der Waals surface area contributed by atoms with Crippen molar-refractivity contribution in [2.75, 3.05) is 12.8 Å². The van der Waals surface area contributed by atoms with Crippen LogP contribution in [0.25, 0.3) is 0 Å². The lowest BCUT2D eigenvalue weighted by atomic mass is 9.82. The summed E-state index contributed by atoms with van der Waals surface area (Å²) in [6.45, 7) is 2.83. The molecule has 0 aliphatic heterocycles. The van der Waals surface area contributed by atoms with Crippen LogP contribution in [0.5, 0.6) is 0 Å². The number of carbonyl (C=O) groups is 1. The van der Waals surface area contributed by atoms with Gasteiger partial charge < -0.3 is 11.1 Å². The predicted octanol–water partition coefficient (Wildman–Crippen LogP) is 1.94. The molecule has 5 heteroatoms. The lowest BCUT2D eigenvalue weighted by Gasteiger charge is -2.32. The van der Waals surface area contributed by atoms with Crippen LogP contribution in [0, 0.1) is 0 Å². The highest BCUT2D eigenvalue weighted by Crippen LogP contribution is 2.25. The first-order chi connectivity index (χ1) is 7.08. The van der Waals surface area contributed by atoms with Crippen molar-refractivity contribution in [1.29, 1.82) is 0 Å². The van der Waals surface area contributed by atoms with Crippen molar-refractivity contribution in [2.45, 2.75) is 49.8 Å². The molecule has 0 spiro atoms. The van der Waals surface area contributed by atoms with Gasteiger partial charge in [0.15, 0.2) is 0 Å². The van der Waals surface area contributed by atoms with E-state index in [9.17, 15) is 4.79 Å². The van der Waals surface area contributed by atoms with Gasteiger partial charge in [-0.2, -0.15) is 11.8 Å². The first-order valence-electron chi connectivity index (χ1n) is 5.68. The summed E-state index contributed by atoms with van der Waals surface area (Å²) in [4.78, 5) is 11.9. The van der Waals surface area contributed by atoms with Crippen LogP contribution in [-0.2, 0) is 4.79 Å². The second-order valence-electron chi connectivity index (χ2n) is 4.47. The van der Waals surface area contributed by atoms with Crippen LogP contribution in [-0.4, -0.2) is 29.5 Å². The van der Waals surface area contributed by atoms with Crippen LogP contribution in [0.1, 0.15) is 39.0 Å². The molecule has 1 fully saturated rings. The molecule has 1 amide bonds. The number of hydrogen-bond acceptors (Lipinski definition) is 3. The molecule has 0 aromatic rings. The van der Waals surface area contributed by atoms with Crippen LogP contribution in [0.2, 0.25) is 0 Å². The summed E-state index contributed by atoms with van der Waals surface area (Å²) in [7, 11) is 0. The minimum Gasteiger partial charge on any atom is -0.353 e. The van der Waals surface area contributed by atoms with Crippen LogP contribution in [0.4, 0.5) is 0 Å². The molecule has 0 aromatic carbocycles. The Labute approximate surface area is 109 Å². The standard InChI is InChI=1S/C11H22N2OS.ClH/c1-9(15-2)8-13-10(14)11(12)6-4-3-5-7-11;/h9H,3-8,12H2,1-2H3,(H,13,14);1H. The summed E-state index contributed by atoms with van der Waals surface area (Å²) in [5, 5.41) is 3.42. The molecule has 0 saturated heterocycles. The topological polar surface area (TPSA) is 55.1 Å². The SMILES string of the molecule is CSC(C)CNC(=O)C1(N)CCCCC1.Cl. The zero-order valence-electron chi connectivity index (χ0n) is 10.1. The molecule has 1 atom stereocenters. The zero-order chi connectivity index (χ0) is 11.3. The highest BCUT2D eigenvalue weighted by atomic mass is 35.5. The molecule has 3 nitrogen and oxygen atoms in total. The zero-order valence-corrected chi connectivity index (χ0v) is 11.8. The second-order valence-corrected chi connectivity index (χ2v) is 5.75. The maximum Gasteiger partial charge on any atom is 0.240 e. The number of nitrogens with two attached hydrogens (primary N) is 1. The molecular weight excluding hydrogens is 244 g/mol. The molecule has 0 bridgehead atoms. The Kier molecular flexibility index (Phi) is 7.44. The molecule has 1 aliphatic rings. The van der Waals surface area contributed by atoms with Gasteiger partial charge in [-0.3, -0.25) is 4.79 Å². The average Bonchev–Trinajstić information content (AvgIpc) is 2.26. The van der Waals surface area contributed by atoms with E-state index in [1.807, 2.05) is 0 Å². The number of amides is 1. The molecule has 3 N–H and O–H groups in total. The second kappa shape index (κ2) is 7.41. The van der Waals surface area contributed by atoms with Crippen LogP contribution in [0.15, 0.2) is 0 Å². The number of carbonyl (C=O) groups excluding carboxylic acids is 1. The fourth-order valence-electron chi connectivity index (χ4n) is 1.91. The van der Waals surface area contributed by atoms with Gasteiger partial charge in [0.25, 0.3) is 0 Å². The van der Waals surface area contributed by atoms with Gasteiger partial charge in [-0.05, 0) is 19.1 Å². The molecule has 0 aromatic heterocycles. The Bertz CT molecular complexity index is 220. The summed E-state index contributed by atoms with van der Waals surface area (Å²) in [5.74, 6) is 0.0445. The monoisotopic (exact) mass is 266 g/mol. The molecule has 1 unspecified atom stereocenters. The average molecular weight is 267 g/mol. The Morgan fingerprint density at radius 1 is 1.44 bits per heavy atom. The summed E-state index contributed by atoms with van der Waals surface area (Å²) < 4.78 is 0. The van der Waals surface area contributed by atoms with E-state index >= 15 is 0 Å². The Morgan fingerprint density at radius 2 is 2.00 bits per heavy atom. The molecule has 1 rings (SSSR count). The first-order valence-corrected chi connectivity index (χ1v) is 6.97. The summed E-state index contributed by atoms with van der Waals surface area (Å²) >= 11 is 1.76. The van der Waals surface area contributed by atoms with Gasteiger partial charge in [-0.15, -0.1) is 12.4 Å². The molecule has 96 valence electrons. The van der Waals surface area contributed by atoms with E-state index in [0.717, 1.165) is 32.2 Å². The maximum absolute atomic E-state index is 11.9. The van der Waals surface area contributed by atoms with E-state index < -0.39 is 5.54 Å². The molecule has 1 aliphatic carbocycles. The Morgan fingerprint density at radius 3 is 2.50 bits per heavy atom. The van der Waals surface area contributed by atoms with Crippen LogP contribution >= 0.6 is 24.2 Å². The minimum absolute atomic E-state index is 0. The van der Waals surface area contributed by atoms with Crippen molar-refractivity contribution >= 4 is 30.1 Å². The number of hydrogen-bond donors (Lipinski definition) is 2. The van der Waals surface area contributed by atoms with Crippen molar-refractivity contribution in [3.05, 3.63) is 0 Å². The third-order valence-corrected chi connectivity index (χ3v) is 4.12. The molecular formula is C11H23ClN2OS. The third kappa shape index (κ3) is 4.52. The van der Waals surface area contributed by atoms with Crippen molar-refractivity contribution in [2.24, 2.45) is 5.73 Å². The number of rotatable bonds is 4. The van der Waals surface area contributed by atoms with Crippen molar-refractivity contribution < 1.29 is 4.79 Å². The van der Waals surface area contributed by atoms with Gasteiger partial charge in [-0.1, -0.05) is 26.2 Å². The van der Waals surface area contributed by atoms with Gasteiger partial charge in [0.05, 0.1) is 5.54 Å². The van der Waals surface area contributed by atoms with Gasteiger partial charge >= 0.3 is 0 Å². The van der Waals surface area contributed by atoms with E-state index in [0.29, 0.717) is 5.25 Å². The van der Waals surface area contributed by atoms with Gasteiger partial charge in [0.1, 0.15) is 0 Å². The normalized spacial score (nSPS) is 20.7. The van der Waals surface area contributed by atoms with E-state index in [-0.39, 0.29) is 18.3 Å². The first kappa shape index (κ1) is 16.1. The third-order valence-electron chi connectivity index (χ3n) is 3.15. The van der Waals surface area contributed by atoms with E-state index in [2.05, 4.69) is 18.5 Å². The summed E-state index contributed by atoms with van der Waals surface area (Å²) in [5.41, 5.74) is 5.52. The molecule has 16 heavy (non-hydrogen) atoms. The molecule has 1 saturated carbocycles. The van der Waals surface area contributed by atoms with Crippen LogP contribution in [0.3, 0.4) is 0 Å². The summed E-state index contributed by atoms with van der Waals surface area (Å²) in [6, 6.07) is 0. The quantitative estimate of drug-likeness (QED) is 0.818. The van der Waals surface area contributed by atoms with Gasteiger partial charge in [-0.25, -0.2) is 0 Å². The van der Waals surface area contributed by atoms with Crippen molar-refractivity contribution in [3.8, 4) is 0 Å². The van der Waals surface area contributed by atoms with Crippen LogP contribution < -0.4 is 11.1 Å². The van der Waals surface area contributed by atoms with E-state index in [1.165, 1.54) is 6.42 Å². The minimum atomic E-state index is -0.587. The summed E-state index contributed by atoms with van der Waals surface area (Å²) in [6.07, 6.45) is 7.12. The number of thioether (sulfide) groups is 1. The van der Waals surface area contributed by atoms with Gasteiger partial charge in [0, 0.05) is 11.8 Å². The lowest BCUT2D eigenvalue weighted by Crippen LogP contribution is -2.55.